The number of thioether (sulfide) groups is 1. The topological polar surface area (TPSA) is 72.2 Å². The van der Waals surface area contributed by atoms with Crippen molar-refractivity contribution in [1.82, 2.24) is 0 Å². The second-order valence-corrected chi connectivity index (χ2v) is 5.86. The Morgan fingerprint density at radius 1 is 1.18 bits per heavy atom. The van der Waals surface area contributed by atoms with Crippen LogP contribution in [0.5, 0.6) is 0 Å². The molecular weight excluding hydrogens is 324 g/mol. The molecule has 0 aliphatic rings. The second kappa shape index (κ2) is 7.82. The predicted octanol–water partition coefficient (Wildman–Crippen LogP) is 4.12. The van der Waals surface area contributed by atoms with Gasteiger partial charge in [0.05, 0.1) is 10.7 Å². The zero-order valence-electron chi connectivity index (χ0n) is 11.5. The van der Waals surface area contributed by atoms with E-state index in [0.29, 0.717) is 10.8 Å². The maximum absolute atomic E-state index is 11.9. The Hall–Kier alpha value is -2.05. The fourth-order valence-corrected chi connectivity index (χ4v) is 2.68. The minimum absolute atomic E-state index is 0.112. The van der Waals surface area contributed by atoms with E-state index in [0.717, 1.165) is 5.56 Å². The summed E-state index contributed by atoms with van der Waals surface area (Å²) in [6.07, 6.45) is 0. The molecule has 0 spiro atoms. The first-order valence-corrected chi connectivity index (χ1v) is 7.95. The van der Waals surface area contributed by atoms with Crippen LogP contribution in [0.3, 0.4) is 0 Å². The number of nitro groups is 1. The monoisotopic (exact) mass is 336 g/mol. The van der Waals surface area contributed by atoms with E-state index in [1.54, 1.807) is 24.3 Å². The van der Waals surface area contributed by atoms with Crippen molar-refractivity contribution in [2.45, 2.75) is 5.75 Å². The number of hydrogen-bond acceptors (Lipinski definition) is 4. The molecule has 2 aromatic rings. The number of amides is 1. The van der Waals surface area contributed by atoms with Gasteiger partial charge >= 0.3 is 0 Å². The number of nitrogens with one attached hydrogen (secondary N) is 1. The van der Waals surface area contributed by atoms with Crippen molar-refractivity contribution in [3.05, 3.63) is 69.2 Å². The Bertz CT molecular complexity index is 677. The zero-order valence-corrected chi connectivity index (χ0v) is 13.1. The number of anilines is 1. The molecule has 0 atom stereocenters. The van der Waals surface area contributed by atoms with Crippen molar-refractivity contribution < 1.29 is 9.72 Å². The molecule has 114 valence electrons. The minimum atomic E-state index is -0.517. The van der Waals surface area contributed by atoms with E-state index in [-0.39, 0.29) is 23.0 Å². The summed E-state index contributed by atoms with van der Waals surface area (Å²) >= 11 is 7.23. The molecule has 0 aliphatic heterocycles. The number of para-hydroxylation sites is 2. The lowest BCUT2D eigenvalue weighted by molar-refractivity contribution is -0.383. The van der Waals surface area contributed by atoms with Crippen molar-refractivity contribution in [2.24, 2.45) is 0 Å². The SMILES string of the molecule is O=C(CSCc1ccc(Cl)cc1)Nc1ccccc1[N+](=O)[O-]. The van der Waals surface area contributed by atoms with Crippen LogP contribution >= 0.6 is 23.4 Å². The molecule has 1 amide bonds. The molecule has 5 nitrogen and oxygen atoms in total. The number of rotatable bonds is 6. The van der Waals surface area contributed by atoms with Gasteiger partial charge in [0.2, 0.25) is 5.91 Å². The van der Waals surface area contributed by atoms with Crippen LogP contribution in [0, 0.1) is 10.1 Å². The smallest absolute Gasteiger partial charge is 0.292 e. The summed E-state index contributed by atoms with van der Waals surface area (Å²) in [5.41, 5.74) is 1.16. The molecule has 0 radical (unpaired) electrons. The maximum Gasteiger partial charge on any atom is 0.292 e. The first-order valence-electron chi connectivity index (χ1n) is 6.42. The highest BCUT2D eigenvalue weighted by atomic mass is 35.5. The number of hydrogen-bond donors (Lipinski definition) is 1. The Kier molecular flexibility index (Phi) is 5.80. The Labute approximate surface area is 136 Å². The van der Waals surface area contributed by atoms with Crippen molar-refractivity contribution in [3.63, 3.8) is 0 Å². The van der Waals surface area contributed by atoms with Crippen LogP contribution in [0.4, 0.5) is 11.4 Å². The van der Waals surface area contributed by atoms with Gasteiger partial charge in [-0.05, 0) is 23.8 Å². The fourth-order valence-electron chi connectivity index (χ4n) is 1.77. The molecule has 2 rings (SSSR count). The third kappa shape index (κ3) is 4.75. The molecule has 0 aliphatic carbocycles. The minimum Gasteiger partial charge on any atom is -0.320 e. The van der Waals surface area contributed by atoms with Crippen LogP contribution in [0.15, 0.2) is 48.5 Å². The molecule has 0 unspecified atom stereocenters. The van der Waals surface area contributed by atoms with Gasteiger partial charge < -0.3 is 5.32 Å². The van der Waals surface area contributed by atoms with Crippen LogP contribution in [0.2, 0.25) is 5.02 Å². The molecule has 0 saturated heterocycles. The van der Waals surface area contributed by atoms with Gasteiger partial charge in [0.1, 0.15) is 5.69 Å². The van der Waals surface area contributed by atoms with E-state index in [1.807, 2.05) is 12.1 Å². The molecule has 7 heteroatoms. The third-order valence-corrected chi connectivity index (χ3v) is 4.05. The highest BCUT2D eigenvalue weighted by Gasteiger charge is 2.14. The normalized spacial score (nSPS) is 10.2. The summed E-state index contributed by atoms with van der Waals surface area (Å²) in [4.78, 5) is 22.2. The number of benzene rings is 2. The average Bonchev–Trinajstić information content (AvgIpc) is 2.49. The molecule has 0 aromatic heterocycles. The Balaban J connectivity index is 1.86. The lowest BCUT2D eigenvalue weighted by atomic mass is 10.2. The van der Waals surface area contributed by atoms with Crippen molar-refractivity contribution in [1.29, 1.82) is 0 Å². The third-order valence-electron chi connectivity index (χ3n) is 2.79. The molecule has 0 heterocycles. The molecule has 0 fully saturated rings. The Morgan fingerprint density at radius 2 is 1.86 bits per heavy atom. The van der Waals surface area contributed by atoms with Gasteiger partial charge in [0.15, 0.2) is 0 Å². The van der Waals surface area contributed by atoms with Crippen LogP contribution < -0.4 is 5.32 Å². The standard InChI is InChI=1S/C15H13ClN2O3S/c16-12-7-5-11(6-8-12)9-22-10-15(19)17-13-3-1-2-4-14(13)18(20)21/h1-8H,9-10H2,(H,17,19). The summed E-state index contributed by atoms with van der Waals surface area (Å²) < 4.78 is 0. The van der Waals surface area contributed by atoms with E-state index >= 15 is 0 Å². The molecular formula is C15H13ClN2O3S. The van der Waals surface area contributed by atoms with Gasteiger partial charge in [-0.1, -0.05) is 35.9 Å². The first kappa shape index (κ1) is 16.3. The summed E-state index contributed by atoms with van der Waals surface area (Å²) in [5.74, 6) is 0.615. The van der Waals surface area contributed by atoms with E-state index in [4.69, 9.17) is 11.6 Å². The van der Waals surface area contributed by atoms with E-state index in [1.165, 1.54) is 23.9 Å². The van der Waals surface area contributed by atoms with E-state index in [9.17, 15) is 14.9 Å². The predicted molar refractivity (Wildman–Crippen MR) is 89.3 cm³/mol. The summed E-state index contributed by atoms with van der Waals surface area (Å²) in [5, 5.41) is 14.1. The average molecular weight is 337 g/mol. The second-order valence-electron chi connectivity index (χ2n) is 4.44. The molecule has 0 bridgehead atoms. The Morgan fingerprint density at radius 3 is 2.55 bits per heavy atom. The summed E-state index contributed by atoms with van der Waals surface area (Å²) in [6, 6.07) is 13.5. The maximum atomic E-state index is 11.9. The molecule has 22 heavy (non-hydrogen) atoms. The lowest BCUT2D eigenvalue weighted by Gasteiger charge is -2.06. The van der Waals surface area contributed by atoms with E-state index < -0.39 is 4.92 Å². The van der Waals surface area contributed by atoms with Crippen LogP contribution in [-0.2, 0) is 10.5 Å². The first-order chi connectivity index (χ1) is 10.6. The van der Waals surface area contributed by atoms with Gasteiger partial charge in [0, 0.05) is 16.8 Å². The zero-order chi connectivity index (χ0) is 15.9. The highest BCUT2D eigenvalue weighted by molar-refractivity contribution is 7.99. The summed E-state index contributed by atoms with van der Waals surface area (Å²) in [6.45, 7) is 0. The largest absolute Gasteiger partial charge is 0.320 e. The molecule has 0 saturated carbocycles. The summed E-state index contributed by atoms with van der Waals surface area (Å²) in [7, 11) is 0. The van der Waals surface area contributed by atoms with Crippen molar-refractivity contribution in [3.8, 4) is 0 Å². The van der Waals surface area contributed by atoms with Gasteiger partial charge in [-0.3, -0.25) is 14.9 Å². The van der Waals surface area contributed by atoms with Gasteiger partial charge in [-0.25, -0.2) is 0 Å². The van der Waals surface area contributed by atoms with Crippen molar-refractivity contribution in [2.75, 3.05) is 11.1 Å². The lowest BCUT2D eigenvalue weighted by Crippen LogP contribution is -2.15. The van der Waals surface area contributed by atoms with Crippen LogP contribution in [0.1, 0.15) is 5.56 Å². The molecule has 2 aromatic carbocycles. The number of carbonyl (C=O) groups excluding carboxylic acids is 1. The van der Waals surface area contributed by atoms with Crippen molar-refractivity contribution >= 4 is 40.6 Å². The fraction of sp³-hybridized carbons (Fsp3) is 0.133. The number of nitro benzene ring substituents is 1. The van der Waals surface area contributed by atoms with Gasteiger partial charge in [0.25, 0.3) is 5.69 Å². The number of carbonyl (C=O) groups is 1. The highest BCUT2D eigenvalue weighted by Crippen LogP contribution is 2.23. The number of halogens is 1. The number of nitrogens with zero attached hydrogens (tertiary/aromatic N) is 1. The molecule has 1 N–H and O–H groups in total. The van der Waals surface area contributed by atoms with Gasteiger partial charge in [-0.15, -0.1) is 11.8 Å². The van der Waals surface area contributed by atoms with Crippen LogP contribution in [-0.4, -0.2) is 16.6 Å². The quantitative estimate of drug-likeness (QED) is 0.636. The van der Waals surface area contributed by atoms with Gasteiger partial charge in [-0.2, -0.15) is 0 Å². The van der Waals surface area contributed by atoms with Crippen LogP contribution in [0.25, 0.3) is 0 Å². The van der Waals surface area contributed by atoms with E-state index in [2.05, 4.69) is 5.32 Å².